The summed E-state index contributed by atoms with van der Waals surface area (Å²) in [6.45, 7) is 2.95. The van der Waals surface area contributed by atoms with Crippen LogP contribution < -0.4 is 10.6 Å². The number of hydrogen-bond donors (Lipinski definition) is 2. The van der Waals surface area contributed by atoms with Crippen molar-refractivity contribution >= 4 is 61.8 Å². The molecule has 39 heavy (non-hydrogen) atoms. The Bertz CT molecular complexity index is 1570. The third-order valence-corrected chi connectivity index (χ3v) is 6.92. The summed E-state index contributed by atoms with van der Waals surface area (Å²) < 4.78 is 16.6. The molecule has 0 spiro atoms. The van der Waals surface area contributed by atoms with Crippen molar-refractivity contribution < 1.29 is 18.8 Å². The van der Waals surface area contributed by atoms with Crippen LogP contribution in [0, 0.1) is 6.92 Å². The number of hydrogen-bond acceptors (Lipinski definition) is 7. The summed E-state index contributed by atoms with van der Waals surface area (Å²) in [5.41, 5.74) is 2.59. The van der Waals surface area contributed by atoms with Crippen LogP contribution in [-0.4, -0.2) is 61.0 Å². The van der Waals surface area contributed by atoms with Crippen LogP contribution in [0.3, 0.4) is 0 Å². The summed E-state index contributed by atoms with van der Waals surface area (Å²) in [5.74, 6) is -0.251. The Morgan fingerprint density at radius 1 is 1.10 bits per heavy atom. The molecule has 200 valence electrons. The molecule has 1 aliphatic heterocycles. The third kappa shape index (κ3) is 5.80. The molecule has 12 heteroatoms. The average Bonchev–Trinajstić information content (AvgIpc) is 3.46. The zero-order chi connectivity index (χ0) is 27.7. The number of Topliss-reactive ketones (excluding diaryl/α,β-unsaturated/α-hetero) is 1. The number of benzene rings is 1. The molecule has 0 aliphatic carbocycles. The van der Waals surface area contributed by atoms with Gasteiger partial charge >= 0.3 is 0 Å². The van der Waals surface area contributed by atoms with Gasteiger partial charge in [0, 0.05) is 34.8 Å². The first-order valence-electron chi connectivity index (χ1n) is 12.3. The second-order valence-electron chi connectivity index (χ2n) is 9.37. The molecule has 0 unspecified atom stereocenters. The van der Waals surface area contributed by atoms with Gasteiger partial charge in [-0.15, -0.1) is 5.10 Å². The first-order valence-corrected chi connectivity index (χ1v) is 13.1. The van der Waals surface area contributed by atoms with Gasteiger partial charge in [-0.3, -0.25) is 14.4 Å². The zero-order valence-corrected chi connectivity index (χ0v) is 22.8. The van der Waals surface area contributed by atoms with Crippen LogP contribution in [-0.2, 0) is 16.1 Å². The molecular formula is C27H25BrFN7O3. The summed E-state index contributed by atoms with van der Waals surface area (Å²) in [4.78, 5) is 44.2. The van der Waals surface area contributed by atoms with Crippen LogP contribution in [0.5, 0.6) is 0 Å². The number of anilines is 3. The molecule has 0 bridgehead atoms. The van der Waals surface area contributed by atoms with Crippen LogP contribution >= 0.6 is 15.9 Å². The smallest absolute Gasteiger partial charge is 0.248 e. The fourth-order valence-corrected chi connectivity index (χ4v) is 4.98. The first kappa shape index (κ1) is 26.4. The van der Waals surface area contributed by atoms with Gasteiger partial charge in [-0.1, -0.05) is 6.07 Å². The maximum atomic E-state index is 14.4. The molecule has 4 heterocycles. The molecule has 5 rings (SSSR count). The summed E-state index contributed by atoms with van der Waals surface area (Å²) in [6, 6.07) is 13.1. The van der Waals surface area contributed by atoms with Gasteiger partial charge in [0.05, 0.1) is 12.2 Å². The van der Waals surface area contributed by atoms with Gasteiger partial charge in [-0.2, -0.15) is 5.10 Å². The molecule has 1 fully saturated rings. The van der Waals surface area contributed by atoms with Crippen molar-refractivity contribution in [2.75, 3.05) is 17.2 Å². The number of carbonyl (C=O) groups is 3. The Balaban J connectivity index is 1.37. The number of amides is 2. The highest BCUT2D eigenvalue weighted by molar-refractivity contribution is 9.10. The van der Waals surface area contributed by atoms with Gasteiger partial charge < -0.3 is 20.1 Å². The van der Waals surface area contributed by atoms with Gasteiger partial charge in [0.1, 0.15) is 29.2 Å². The van der Waals surface area contributed by atoms with E-state index in [0.29, 0.717) is 38.4 Å². The van der Waals surface area contributed by atoms with E-state index in [-0.39, 0.29) is 25.3 Å². The molecule has 2 N–H and O–H groups in total. The number of alkyl halides is 1. The van der Waals surface area contributed by atoms with Crippen molar-refractivity contribution in [3.63, 3.8) is 0 Å². The first-order chi connectivity index (χ1) is 18.7. The summed E-state index contributed by atoms with van der Waals surface area (Å²) in [5, 5.41) is 14.6. The number of nitrogens with zero attached hydrogens (tertiary/aromatic N) is 5. The Kier molecular flexibility index (Phi) is 7.38. The molecule has 2 amide bonds. The maximum absolute atomic E-state index is 14.4. The van der Waals surface area contributed by atoms with Gasteiger partial charge in [-0.25, -0.2) is 9.37 Å². The number of pyridine rings is 1. The fourth-order valence-electron chi connectivity index (χ4n) is 4.63. The van der Waals surface area contributed by atoms with E-state index in [1.165, 1.54) is 11.8 Å². The van der Waals surface area contributed by atoms with Crippen LogP contribution in [0.4, 0.5) is 21.7 Å². The quantitative estimate of drug-likeness (QED) is 0.240. The minimum Gasteiger partial charge on any atom is -0.339 e. The van der Waals surface area contributed by atoms with E-state index in [1.807, 2.05) is 25.1 Å². The Labute approximate surface area is 231 Å². The molecule has 4 aromatic rings. The molecular weight excluding hydrogens is 569 g/mol. The van der Waals surface area contributed by atoms with E-state index in [4.69, 9.17) is 0 Å². The monoisotopic (exact) mass is 593 g/mol. The largest absolute Gasteiger partial charge is 0.339 e. The molecule has 2 atom stereocenters. The molecule has 3 aromatic heterocycles. The number of rotatable bonds is 7. The summed E-state index contributed by atoms with van der Waals surface area (Å²) in [6.07, 6.45) is 0.185. The van der Waals surface area contributed by atoms with Crippen LogP contribution in [0.15, 0.2) is 59.3 Å². The molecule has 0 radical (unpaired) electrons. The number of fused-ring (bicyclic) bond motifs is 1. The van der Waals surface area contributed by atoms with Crippen molar-refractivity contribution in [2.24, 2.45) is 0 Å². The Hall–Kier alpha value is -4.19. The number of nitrogens with one attached hydrogen (secondary N) is 2. The molecule has 1 saturated heterocycles. The number of likely N-dealkylation sites (tertiary alicyclic amines) is 1. The van der Waals surface area contributed by atoms with Crippen molar-refractivity contribution in [1.82, 2.24) is 24.6 Å². The molecule has 1 aromatic carbocycles. The van der Waals surface area contributed by atoms with Crippen molar-refractivity contribution in [3.8, 4) is 0 Å². The lowest BCUT2D eigenvalue weighted by Gasteiger charge is -2.24. The highest BCUT2D eigenvalue weighted by Gasteiger charge is 2.40. The van der Waals surface area contributed by atoms with Crippen LogP contribution in [0.2, 0.25) is 0 Å². The lowest BCUT2D eigenvalue weighted by atomic mass is 10.1. The number of carbonyl (C=O) groups excluding carboxylic acids is 3. The predicted octanol–water partition coefficient (Wildman–Crippen LogP) is 4.42. The van der Waals surface area contributed by atoms with Crippen molar-refractivity contribution in [1.29, 1.82) is 0 Å². The van der Waals surface area contributed by atoms with Crippen LogP contribution in [0.1, 0.15) is 29.4 Å². The Morgan fingerprint density at radius 3 is 2.64 bits per heavy atom. The lowest BCUT2D eigenvalue weighted by molar-refractivity contribution is -0.137. The summed E-state index contributed by atoms with van der Waals surface area (Å²) >= 11 is 3.25. The highest BCUT2D eigenvalue weighted by atomic mass is 79.9. The van der Waals surface area contributed by atoms with Crippen LogP contribution in [0.25, 0.3) is 10.9 Å². The maximum Gasteiger partial charge on any atom is 0.248 e. The average molecular weight is 594 g/mol. The van der Waals surface area contributed by atoms with E-state index < -0.39 is 24.0 Å². The predicted molar refractivity (Wildman–Crippen MR) is 148 cm³/mol. The van der Waals surface area contributed by atoms with Gasteiger partial charge in [0.15, 0.2) is 11.6 Å². The lowest BCUT2D eigenvalue weighted by Crippen LogP contribution is -2.44. The molecule has 0 saturated carbocycles. The molecule has 1 aliphatic rings. The van der Waals surface area contributed by atoms with E-state index >= 15 is 0 Å². The number of aromatic nitrogens is 4. The minimum atomic E-state index is -1.33. The third-order valence-electron chi connectivity index (χ3n) is 6.48. The fraction of sp³-hybridized carbons (Fsp3) is 0.259. The second kappa shape index (κ2) is 10.9. The number of aryl methyl sites for hydroxylation is 1. The summed E-state index contributed by atoms with van der Waals surface area (Å²) in [7, 11) is 0. The zero-order valence-electron chi connectivity index (χ0n) is 21.2. The highest BCUT2D eigenvalue weighted by Crippen LogP contribution is 2.28. The van der Waals surface area contributed by atoms with Crippen molar-refractivity contribution in [3.05, 3.63) is 70.6 Å². The minimum absolute atomic E-state index is 0.104. The Morgan fingerprint density at radius 2 is 1.92 bits per heavy atom. The van der Waals surface area contributed by atoms with E-state index in [1.54, 1.807) is 41.1 Å². The number of ketones is 1. The second-order valence-corrected chi connectivity index (χ2v) is 10.2. The van der Waals surface area contributed by atoms with Gasteiger partial charge in [-0.05, 0) is 72.2 Å². The van der Waals surface area contributed by atoms with E-state index in [0.717, 1.165) is 5.69 Å². The van der Waals surface area contributed by atoms with E-state index in [9.17, 15) is 18.8 Å². The van der Waals surface area contributed by atoms with Crippen molar-refractivity contribution in [2.45, 2.75) is 39.0 Å². The SMILES string of the molecule is CC(=O)c1cn(CC(=O)N2C[C@H](F)C[C@H]2C(=O)Nc2cccc(Br)n2)c2ccc(Nc3ccc(C)nn3)cc12. The normalized spacial score (nSPS) is 16.9. The van der Waals surface area contributed by atoms with E-state index in [2.05, 4.69) is 41.7 Å². The van der Waals surface area contributed by atoms with Gasteiger partial charge in [0.2, 0.25) is 11.8 Å². The number of halogens is 2. The molecule has 10 nitrogen and oxygen atoms in total. The topological polar surface area (TPSA) is 122 Å². The standard InChI is InChI=1S/C27H25BrFN7O3/c1-15-6-9-25(34-33-15)30-18-7-8-21-19(11-18)20(16(2)37)13-35(21)14-26(38)36-12-17(29)10-22(36)27(39)32-24-5-3-4-23(28)31-24/h3-9,11,13,17,22H,10,12,14H2,1-2H3,(H,30,34)(H,31,32,39)/t17-,22+/m1/s1. The van der Waals surface area contributed by atoms with Gasteiger partial charge in [0.25, 0.3) is 0 Å².